The zero-order valence-electron chi connectivity index (χ0n) is 17.8. The van der Waals surface area contributed by atoms with Crippen LogP contribution in [0.3, 0.4) is 0 Å². The normalized spacial score (nSPS) is 18.2. The van der Waals surface area contributed by atoms with Gasteiger partial charge in [-0.2, -0.15) is 0 Å². The maximum absolute atomic E-state index is 5.14. The molecule has 154 valence electrons. The molecule has 1 aliphatic heterocycles. The van der Waals surface area contributed by atoms with Gasteiger partial charge in [0.15, 0.2) is 0 Å². The molecule has 2 aromatic rings. The Morgan fingerprint density at radius 1 is 1.04 bits per heavy atom. The van der Waals surface area contributed by atoms with Crippen molar-refractivity contribution in [2.45, 2.75) is 51.9 Å². The van der Waals surface area contributed by atoms with Crippen LogP contribution in [-0.4, -0.2) is 73.1 Å². The van der Waals surface area contributed by atoms with Gasteiger partial charge in [-0.15, -0.1) is 11.3 Å². The summed E-state index contributed by atoms with van der Waals surface area (Å²) in [5.41, 5.74) is 1.57. The van der Waals surface area contributed by atoms with E-state index in [9.17, 15) is 0 Å². The smallest absolute Gasteiger partial charge is 0.141 e. The lowest BCUT2D eigenvalue weighted by Gasteiger charge is -2.36. The molecular weight excluding hydrogens is 366 g/mol. The molecule has 3 heterocycles. The fourth-order valence-corrected chi connectivity index (χ4v) is 5.66. The van der Waals surface area contributed by atoms with E-state index in [2.05, 4.69) is 35.7 Å². The summed E-state index contributed by atoms with van der Waals surface area (Å²) in [7, 11) is 4.32. The van der Waals surface area contributed by atoms with Gasteiger partial charge in [-0.3, -0.25) is 4.90 Å². The van der Waals surface area contributed by atoms with Crippen molar-refractivity contribution in [3.05, 3.63) is 16.3 Å². The maximum Gasteiger partial charge on any atom is 0.141 e. The Kier molecular flexibility index (Phi) is 6.48. The summed E-state index contributed by atoms with van der Waals surface area (Å²) in [5.74, 6) is 2.29. The van der Waals surface area contributed by atoms with Crippen LogP contribution in [0.15, 0.2) is 0 Å². The van der Waals surface area contributed by atoms with Gasteiger partial charge in [0.2, 0.25) is 0 Å². The van der Waals surface area contributed by atoms with E-state index in [0.29, 0.717) is 0 Å². The molecule has 1 aliphatic carbocycles. The fourth-order valence-electron chi connectivity index (χ4n) is 4.38. The van der Waals surface area contributed by atoms with Crippen LogP contribution >= 0.6 is 11.3 Å². The van der Waals surface area contributed by atoms with Crippen molar-refractivity contribution in [3.63, 3.8) is 0 Å². The molecule has 0 spiro atoms. The number of anilines is 1. The SMILES string of the molecule is CCCCc1nc(N2CCN(CCN(C)C)CC2)c2c3c(sc2n1)CCCC3. The lowest BCUT2D eigenvalue weighted by molar-refractivity contribution is 0.229. The van der Waals surface area contributed by atoms with Crippen LogP contribution in [0.1, 0.15) is 48.9 Å². The van der Waals surface area contributed by atoms with E-state index < -0.39 is 0 Å². The van der Waals surface area contributed by atoms with Crippen LogP contribution in [0.25, 0.3) is 10.2 Å². The van der Waals surface area contributed by atoms with Crippen molar-refractivity contribution in [2.24, 2.45) is 0 Å². The topological polar surface area (TPSA) is 35.5 Å². The Hall–Kier alpha value is -1.24. The first-order valence-corrected chi connectivity index (χ1v) is 11.9. The number of nitrogens with zero attached hydrogens (tertiary/aromatic N) is 5. The first-order valence-electron chi connectivity index (χ1n) is 11.1. The summed E-state index contributed by atoms with van der Waals surface area (Å²) in [6.45, 7) is 8.98. The molecule has 0 bridgehead atoms. The fraction of sp³-hybridized carbons (Fsp3) is 0.727. The summed E-state index contributed by atoms with van der Waals surface area (Å²) in [6, 6.07) is 0. The Balaban J connectivity index is 1.60. The standard InChI is InChI=1S/C22H35N5S/c1-4-5-10-19-23-21(27-15-13-26(14-16-27)12-11-25(2)3)20-17-8-6-7-9-18(17)28-22(20)24-19/h4-16H2,1-3H3. The van der Waals surface area contributed by atoms with Crippen molar-refractivity contribution >= 4 is 27.4 Å². The van der Waals surface area contributed by atoms with Gasteiger partial charge >= 0.3 is 0 Å². The van der Waals surface area contributed by atoms with Crippen molar-refractivity contribution in [2.75, 3.05) is 58.3 Å². The van der Waals surface area contributed by atoms with Crippen LogP contribution in [-0.2, 0) is 19.3 Å². The third-order valence-electron chi connectivity index (χ3n) is 6.13. The number of aromatic nitrogens is 2. The van der Waals surface area contributed by atoms with Gasteiger partial charge in [0.25, 0.3) is 0 Å². The van der Waals surface area contributed by atoms with E-state index in [1.807, 2.05) is 11.3 Å². The molecule has 1 fully saturated rings. The molecule has 2 aliphatic rings. The summed E-state index contributed by atoms with van der Waals surface area (Å²) in [4.78, 5) is 20.4. The van der Waals surface area contributed by atoms with E-state index in [1.54, 1.807) is 10.4 Å². The molecule has 0 saturated carbocycles. The van der Waals surface area contributed by atoms with E-state index in [1.165, 1.54) is 54.6 Å². The zero-order chi connectivity index (χ0) is 19.5. The number of piperazine rings is 1. The molecule has 1 saturated heterocycles. The van der Waals surface area contributed by atoms with Gasteiger partial charge in [0.1, 0.15) is 16.5 Å². The second kappa shape index (κ2) is 9.06. The van der Waals surface area contributed by atoms with Gasteiger partial charge in [-0.05, 0) is 51.8 Å². The van der Waals surface area contributed by atoms with Crippen molar-refractivity contribution in [1.29, 1.82) is 0 Å². The zero-order valence-corrected chi connectivity index (χ0v) is 18.7. The number of hydrogen-bond acceptors (Lipinski definition) is 6. The largest absolute Gasteiger partial charge is 0.353 e. The quantitative estimate of drug-likeness (QED) is 0.708. The molecule has 0 radical (unpaired) electrons. The monoisotopic (exact) mass is 401 g/mol. The number of thiophene rings is 1. The molecule has 5 nitrogen and oxygen atoms in total. The summed E-state index contributed by atoms with van der Waals surface area (Å²) < 4.78 is 0. The molecule has 2 aromatic heterocycles. The predicted molar refractivity (Wildman–Crippen MR) is 120 cm³/mol. The van der Waals surface area contributed by atoms with Crippen LogP contribution < -0.4 is 4.90 Å². The second-order valence-corrected chi connectivity index (χ2v) is 9.67. The van der Waals surface area contributed by atoms with E-state index in [0.717, 1.165) is 51.5 Å². The van der Waals surface area contributed by atoms with Gasteiger partial charge in [-0.25, -0.2) is 9.97 Å². The van der Waals surface area contributed by atoms with Crippen LogP contribution in [0.2, 0.25) is 0 Å². The minimum atomic E-state index is 1.00. The van der Waals surface area contributed by atoms with E-state index in [-0.39, 0.29) is 0 Å². The number of unbranched alkanes of at least 4 members (excludes halogenated alkanes) is 1. The van der Waals surface area contributed by atoms with Crippen LogP contribution in [0.5, 0.6) is 0 Å². The molecule has 28 heavy (non-hydrogen) atoms. The predicted octanol–water partition coefficient (Wildman–Crippen LogP) is 3.60. The minimum Gasteiger partial charge on any atom is -0.353 e. The average Bonchev–Trinajstić information content (AvgIpc) is 3.09. The van der Waals surface area contributed by atoms with Crippen LogP contribution in [0, 0.1) is 0 Å². The molecule has 0 atom stereocenters. The molecular formula is C22H35N5S. The highest BCUT2D eigenvalue weighted by Gasteiger charge is 2.26. The first kappa shape index (κ1) is 20.0. The van der Waals surface area contributed by atoms with Crippen LogP contribution in [0.4, 0.5) is 5.82 Å². The third kappa shape index (κ3) is 4.34. The lowest BCUT2D eigenvalue weighted by Crippen LogP contribution is -2.48. The van der Waals surface area contributed by atoms with Crippen molar-refractivity contribution in [1.82, 2.24) is 19.8 Å². The highest BCUT2D eigenvalue weighted by Crippen LogP contribution is 2.40. The van der Waals surface area contributed by atoms with Gasteiger partial charge in [0.05, 0.1) is 5.39 Å². The Bertz CT molecular complexity index is 792. The lowest BCUT2D eigenvalue weighted by atomic mass is 9.97. The molecule has 0 N–H and O–H groups in total. The average molecular weight is 402 g/mol. The highest BCUT2D eigenvalue weighted by molar-refractivity contribution is 7.19. The second-order valence-electron chi connectivity index (χ2n) is 8.59. The number of aryl methyl sites for hydroxylation is 3. The minimum absolute atomic E-state index is 1.00. The summed E-state index contributed by atoms with van der Waals surface area (Å²) >= 11 is 1.94. The molecule has 0 aromatic carbocycles. The molecule has 0 unspecified atom stereocenters. The third-order valence-corrected chi connectivity index (χ3v) is 7.32. The van der Waals surface area contributed by atoms with Crippen molar-refractivity contribution < 1.29 is 0 Å². The Morgan fingerprint density at radius 3 is 2.57 bits per heavy atom. The van der Waals surface area contributed by atoms with E-state index in [4.69, 9.17) is 9.97 Å². The van der Waals surface area contributed by atoms with Crippen molar-refractivity contribution in [3.8, 4) is 0 Å². The number of fused-ring (bicyclic) bond motifs is 3. The number of hydrogen-bond donors (Lipinski definition) is 0. The molecule has 4 rings (SSSR count). The van der Waals surface area contributed by atoms with E-state index >= 15 is 0 Å². The first-order chi connectivity index (χ1) is 13.7. The summed E-state index contributed by atoms with van der Waals surface area (Å²) in [5, 5.41) is 1.39. The van der Waals surface area contributed by atoms with Gasteiger partial charge in [0, 0.05) is 50.6 Å². The Morgan fingerprint density at radius 2 is 1.82 bits per heavy atom. The summed E-state index contributed by atoms with van der Waals surface area (Å²) in [6.07, 6.45) is 8.46. The maximum atomic E-state index is 5.14. The van der Waals surface area contributed by atoms with Gasteiger partial charge < -0.3 is 9.80 Å². The Labute approximate surface area is 173 Å². The van der Waals surface area contributed by atoms with Gasteiger partial charge in [-0.1, -0.05) is 13.3 Å². The highest BCUT2D eigenvalue weighted by atomic mass is 32.1. The molecule has 0 amide bonds. The number of likely N-dealkylation sites (N-methyl/N-ethyl adjacent to an activating group) is 1. The number of rotatable bonds is 7. The molecule has 6 heteroatoms.